The number of esters is 1. The zero-order chi connectivity index (χ0) is 21.9. The van der Waals surface area contributed by atoms with Crippen molar-refractivity contribution in [3.63, 3.8) is 0 Å². The number of cyclic esters (lactones) is 1. The van der Waals surface area contributed by atoms with Crippen molar-refractivity contribution in [3.8, 4) is 0 Å². The van der Waals surface area contributed by atoms with Crippen molar-refractivity contribution in [3.05, 3.63) is 106 Å². The Hall–Kier alpha value is -3.44. The number of hydrogen-bond acceptors (Lipinski definition) is 4. The Labute approximate surface area is 188 Å². The number of nitrogens with one attached hydrogen (secondary N) is 1. The number of fused-ring (bicyclic) bond motifs is 2. The summed E-state index contributed by atoms with van der Waals surface area (Å²) in [4.78, 5) is 27.6. The van der Waals surface area contributed by atoms with Crippen LogP contribution in [0.15, 0.2) is 72.8 Å². The smallest absolute Gasteiger partial charge is 0.339 e. The monoisotopic (exact) mass is 426 g/mol. The first-order valence-corrected chi connectivity index (χ1v) is 11.1. The highest BCUT2D eigenvalue weighted by molar-refractivity contribution is 5.97. The summed E-state index contributed by atoms with van der Waals surface area (Å²) in [5.41, 5.74) is 5.74. The van der Waals surface area contributed by atoms with Gasteiger partial charge in [0.1, 0.15) is 6.10 Å². The van der Waals surface area contributed by atoms with Gasteiger partial charge in [-0.1, -0.05) is 54.6 Å². The number of ether oxygens (including phenoxy) is 1. The minimum Gasteiger partial charge on any atom is -0.454 e. The van der Waals surface area contributed by atoms with Crippen molar-refractivity contribution in [1.29, 1.82) is 0 Å². The first kappa shape index (κ1) is 20.5. The molecule has 5 rings (SSSR count). The molecule has 3 aromatic rings. The molecule has 2 aliphatic heterocycles. The molecule has 0 bridgehead atoms. The number of rotatable bonds is 5. The van der Waals surface area contributed by atoms with E-state index in [4.69, 9.17) is 4.74 Å². The molecule has 1 N–H and O–H groups in total. The number of amides is 1. The lowest BCUT2D eigenvalue weighted by atomic mass is 9.93. The number of benzene rings is 3. The lowest BCUT2D eigenvalue weighted by Crippen LogP contribution is -2.37. The number of hydrogen-bond donors (Lipinski definition) is 1. The van der Waals surface area contributed by atoms with Gasteiger partial charge in [0.25, 0.3) is 5.91 Å². The van der Waals surface area contributed by atoms with E-state index in [1.165, 1.54) is 11.1 Å². The summed E-state index contributed by atoms with van der Waals surface area (Å²) >= 11 is 0. The van der Waals surface area contributed by atoms with E-state index in [-0.39, 0.29) is 18.0 Å². The van der Waals surface area contributed by atoms with Gasteiger partial charge in [0.2, 0.25) is 0 Å². The van der Waals surface area contributed by atoms with Gasteiger partial charge in [-0.3, -0.25) is 9.69 Å². The minimum absolute atomic E-state index is 0.111. The summed E-state index contributed by atoms with van der Waals surface area (Å²) in [6.45, 7) is 3.34. The lowest BCUT2D eigenvalue weighted by molar-refractivity contribution is 0.0252. The Kier molecular flexibility index (Phi) is 5.73. The molecule has 32 heavy (non-hydrogen) atoms. The average molecular weight is 427 g/mol. The maximum atomic E-state index is 12.8. The van der Waals surface area contributed by atoms with Gasteiger partial charge in [0, 0.05) is 38.2 Å². The summed E-state index contributed by atoms with van der Waals surface area (Å²) in [6, 6.07) is 23.5. The second kappa shape index (κ2) is 8.97. The van der Waals surface area contributed by atoms with Crippen LogP contribution in [0.25, 0.3) is 0 Å². The van der Waals surface area contributed by atoms with Crippen LogP contribution in [-0.2, 0) is 24.1 Å². The van der Waals surface area contributed by atoms with Gasteiger partial charge in [-0.25, -0.2) is 4.79 Å². The third-order valence-corrected chi connectivity index (χ3v) is 6.34. The first-order valence-electron chi connectivity index (χ1n) is 11.1. The molecule has 5 nitrogen and oxygen atoms in total. The average Bonchev–Trinajstić information content (AvgIpc) is 2.84. The lowest BCUT2D eigenvalue weighted by Gasteiger charge is -2.28. The van der Waals surface area contributed by atoms with Crippen molar-refractivity contribution in [2.24, 2.45) is 0 Å². The number of carbonyl (C=O) groups excluding carboxylic acids is 2. The minimum atomic E-state index is -0.336. The van der Waals surface area contributed by atoms with Gasteiger partial charge in [-0.2, -0.15) is 0 Å². The highest BCUT2D eigenvalue weighted by atomic mass is 16.5. The van der Waals surface area contributed by atoms with Crippen LogP contribution in [0.1, 0.15) is 49.1 Å². The highest BCUT2D eigenvalue weighted by Crippen LogP contribution is 2.31. The van der Waals surface area contributed by atoms with Crippen LogP contribution in [0.4, 0.5) is 0 Å². The van der Waals surface area contributed by atoms with Gasteiger partial charge < -0.3 is 10.1 Å². The molecule has 2 heterocycles. The zero-order valence-electron chi connectivity index (χ0n) is 17.9. The third kappa shape index (κ3) is 4.30. The molecule has 0 aromatic heterocycles. The van der Waals surface area contributed by atoms with E-state index in [0.29, 0.717) is 24.1 Å². The Morgan fingerprint density at radius 3 is 2.59 bits per heavy atom. The molecule has 2 aliphatic rings. The summed E-state index contributed by atoms with van der Waals surface area (Å²) in [7, 11) is 0. The van der Waals surface area contributed by atoms with Crippen molar-refractivity contribution in [1.82, 2.24) is 10.2 Å². The van der Waals surface area contributed by atoms with Gasteiger partial charge in [-0.15, -0.1) is 0 Å². The fraction of sp³-hybridized carbons (Fsp3) is 0.259. The maximum Gasteiger partial charge on any atom is 0.339 e. The van der Waals surface area contributed by atoms with Gasteiger partial charge in [0.15, 0.2) is 0 Å². The first-order chi connectivity index (χ1) is 15.7. The summed E-state index contributed by atoms with van der Waals surface area (Å²) < 4.78 is 5.61. The molecule has 0 spiro atoms. The molecular formula is C27H26N2O3. The van der Waals surface area contributed by atoms with E-state index in [0.717, 1.165) is 37.2 Å². The number of nitrogens with zero attached hydrogens (tertiary/aromatic N) is 1. The van der Waals surface area contributed by atoms with Gasteiger partial charge in [-0.05, 0) is 46.9 Å². The van der Waals surface area contributed by atoms with E-state index >= 15 is 0 Å². The van der Waals surface area contributed by atoms with Crippen molar-refractivity contribution in [2.45, 2.75) is 25.5 Å². The predicted octanol–water partition coefficient (Wildman–Crippen LogP) is 3.93. The summed E-state index contributed by atoms with van der Waals surface area (Å²) in [6.07, 6.45) is 1.30. The molecule has 0 saturated heterocycles. The molecule has 0 radical (unpaired) electrons. The van der Waals surface area contributed by atoms with Crippen LogP contribution < -0.4 is 5.32 Å². The quantitative estimate of drug-likeness (QED) is 0.628. The fourth-order valence-electron chi connectivity index (χ4n) is 4.57. The zero-order valence-corrected chi connectivity index (χ0v) is 17.9. The standard InChI is InChI=1S/C27H26N2O3/c30-26(28-13-15-29-14-12-19-6-4-5-9-22(19)18-29)21-10-11-24-23(16-21)17-25(32-27(24)31)20-7-2-1-3-8-20/h1-11,16,25H,12-15,17-18H2,(H,28,30). The van der Waals surface area contributed by atoms with E-state index in [9.17, 15) is 9.59 Å². The molecule has 1 unspecified atom stereocenters. The van der Waals surface area contributed by atoms with E-state index < -0.39 is 0 Å². The van der Waals surface area contributed by atoms with Crippen molar-refractivity contribution < 1.29 is 14.3 Å². The Balaban J connectivity index is 1.20. The molecule has 1 amide bonds. The van der Waals surface area contributed by atoms with E-state index in [1.54, 1.807) is 12.1 Å². The summed E-state index contributed by atoms with van der Waals surface area (Å²) in [5.74, 6) is -0.446. The van der Waals surface area contributed by atoms with Gasteiger partial charge >= 0.3 is 5.97 Å². The van der Waals surface area contributed by atoms with Gasteiger partial charge in [0.05, 0.1) is 5.56 Å². The van der Waals surface area contributed by atoms with Crippen LogP contribution in [0.3, 0.4) is 0 Å². The van der Waals surface area contributed by atoms with Crippen LogP contribution in [0.2, 0.25) is 0 Å². The second-order valence-corrected chi connectivity index (χ2v) is 8.43. The van der Waals surface area contributed by atoms with E-state index in [1.807, 2.05) is 36.4 Å². The second-order valence-electron chi connectivity index (χ2n) is 8.43. The van der Waals surface area contributed by atoms with Crippen LogP contribution in [0, 0.1) is 0 Å². The number of carbonyl (C=O) groups is 2. The molecule has 162 valence electrons. The van der Waals surface area contributed by atoms with Crippen LogP contribution in [0.5, 0.6) is 0 Å². The molecule has 5 heteroatoms. The largest absolute Gasteiger partial charge is 0.454 e. The molecule has 0 fully saturated rings. The Morgan fingerprint density at radius 2 is 1.75 bits per heavy atom. The third-order valence-electron chi connectivity index (χ3n) is 6.34. The van der Waals surface area contributed by atoms with E-state index in [2.05, 4.69) is 34.5 Å². The molecular weight excluding hydrogens is 400 g/mol. The highest BCUT2D eigenvalue weighted by Gasteiger charge is 2.28. The Morgan fingerprint density at radius 1 is 0.969 bits per heavy atom. The molecule has 1 atom stereocenters. The van der Waals surface area contributed by atoms with Crippen LogP contribution >= 0.6 is 0 Å². The van der Waals surface area contributed by atoms with Crippen molar-refractivity contribution >= 4 is 11.9 Å². The molecule has 0 saturated carbocycles. The SMILES string of the molecule is O=C(NCCN1CCc2ccccc2C1)c1ccc2c(c1)CC(c1ccccc1)OC2=O. The fourth-order valence-corrected chi connectivity index (χ4v) is 4.57. The van der Waals surface area contributed by atoms with Crippen molar-refractivity contribution in [2.75, 3.05) is 19.6 Å². The molecule has 0 aliphatic carbocycles. The van der Waals surface area contributed by atoms with Crippen LogP contribution in [-0.4, -0.2) is 36.4 Å². The molecule has 3 aromatic carbocycles. The Bertz CT molecular complexity index is 1140. The predicted molar refractivity (Wildman–Crippen MR) is 123 cm³/mol. The topological polar surface area (TPSA) is 58.6 Å². The maximum absolute atomic E-state index is 12.8. The normalized spacial score (nSPS) is 17.8. The summed E-state index contributed by atoms with van der Waals surface area (Å²) in [5, 5.41) is 3.03.